The predicted molar refractivity (Wildman–Crippen MR) is 296 cm³/mol. The maximum absolute atomic E-state index is 14.3. The molecule has 1 aliphatic rings. The first-order valence-electron chi connectivity index (χ1n) is 25.3. The first-order valence-corrected chi connectivity index (χ1v) is 27.8. The summed E-state index contributed by atoms with van der Waals surface area (Å²) in [7, 11) is -3.39. The topological polar surface area (TPSA) is 251 Å². The van der Waals surface area contributed by atoms with Gasteiger partial charge in [-0.1, -0.05) is 63.2 Å². The van der Waals surface area contributed by atoms with Crippen LogP contribution in [0.3, 0.4) is 0 Å². The molecule has 4 atom stereocenters. The molecular formula is C56H58F3N11O8S2. The van der Waals surface area contributed by atoms with Crippen LogP contribution >= 0.6 is 11.3 Å². The number of β-amino-alcohol motifs (C(OH)–C–C–N with tert-alkyl or cyclic N) is 1. The third-order valence-electron chi connectivity index (χ3n) is 13.6. The predicted octanol–water partition coefficient (Wildman–Crippen LogP) is 8.26. The number of carbonyl (C=O) groups is 3. The van der Waals surface area contributed by atoms with Crippen molar-refractivity contribution in [1.29, 1.82) is 0 Å². The number of pyridine rings is 1. The molecule has 0 bridgehead atoms. The number of nitrogens with zero attached hydrogens (tertiary/aromatic N) is 7. The van der Waals surface area contributed by atoms with Crippen molar-refractivity contribution >= 4 is 61.5 Å². The quantitative estimate of drug-likeness (QED) is 0.0512. The molecule has 9 rings (SSSR count). The molecule has 3 amide bonds. The van der Waals surface area contributed by atoms with Crippen molar-refractivity contribution in [3.63, 3.8) is 0 Å². The number of aliphatic hydroxyl groups is 1. The Hall–Kier alpha value is -8.35. The number of halogens is 3. The number of likely N-dealkylation sites (tertiary alicyclic amines) is 1. The molecule has 4 aromatic heterocycles. The van der Waals surface area contributed by atoms with Crippen LogP contribution in [-0.2, 0) is 39.7 Å². The van der Waals surface area contributed by atoms with Crippen molar-refractivity contribution in [2.45, 2.75) is 84.2 Å². The molecule has 5 heterocycles. The first kappa shape index (κ1) is 56.4. The normalized spacial score (nSPS) is 15.5. The molecule has 2 unspecified atom stereocenters. The zero-order chi connectivity index (χ0) is 57.2. The highest BCUT2D eigenvalue weighted by molar-refractivity contribution is 7.93. The van der Waals surface area contributed by atoms with E-state index >= 15 is 0 Å². The number of benzene rings is 4. The SMILES string of the molecule is Cc1ncsc1-c1ccc(CNC(=O)[C@@H]2C[C@@H](O)CN2C(=O)C(NC(=O)c2ccc(OCCn3cc(-c4cnc(N)c5c(-c6ccc(NS(=O)(=O)C(F)F)c(OC(C)c7ccc(F)cc7)c6)nn(C)c45)cn3)cc2)C(C)(C)C)cc1. The molecule has 80 heavy (non-hydrogen) atoms. The van der Waals surface area contributed by atoms with Crippen LogP contribution in [0.1, 0.15) is 67.4 Å². The lowest BCUT2D eigenvalue weighted by atomic mass is 9.85. The fourth-order valence-electron chi connectivity index (χ4n) is 9.37. The number of nitrogen functional groups attached to an aromatic ring is 1. The van der Waals surface area contributed by atoms with E-state index in [1.54, 1.807) is 83.0 Å². The highest BCUT2D eigenvalue weighted by atomic mass is 32.2. The molecule has 24 heteroatoms. The number of aryl methyl sites for hydroxylation is 2. The number of aromatic nitrogens is 6. The second kappa shape index (κ2) is 23.2. The number of sulfonamides is 1. The molecule has 6 N–H and O–H groups in total. The van der Waals surface area contributed by atoms with Gasteiger partial charge in [0.25, 0.3) is 15.9 Å². The molecule has 0 saturated carbocycles. The number of anilines is 2. The van der Waals surface area contributed by atoms with E-state index < -0.39 is 69.0 Å². The van der Waals surface area contributed by atoms with Crippen LogP contribution in [0.15, 0.2) is 115 Å². The number of ether oxygens (including phenoxy) is 2. The van der Waals surface area contributed by atoms with Gasteiger partial charge in [-0.2, -0.15) is 19.0 Å². The number of hydrogen-bond acceptors (Lipinski definition) is 14. The van der Waals surface area contributed by atoms with Crippen LogP contribution in [0.5, 0.6) is 11.5 Å². The maximum atomic E-state index is 14.3. The minimum absolute atomic E-state index is 0.0549. The van der Waals surface area contributed by atoms with Gasteiger partial charge in [-0.3, -0.25) is 28.5 Å². The highest BCUT2D eigenvalue weighted by Crippen LogP contribution is 2.41. The molecule has 0 spiro atoms. The zero-order valence-corrected chi connectivity index (χ0v) is 46.0. The number of fused-ring (bicyclic) bond motifs is 1. The summed E-state index contributed by atoms with van der Waals surface area (Å²) in [6, 6.07) is 21.9. The van der Waals surface area contributed by atoms with Crippen molar-refractivity contribution in [2.24, 2.45) is 12.5 Å². The lowest BCUT2D eigenvalue weighted by Crippen LogP contribution is -2.57. The van der Waals surface area contributed by atoms with Crippen LogP contribution in [0.25, 0.3) is 43.7 Å². The molecule has 1 aliphatic heterocycles. The van der Waals surface area contributed by atoms with E-state index in [2.05, 4.69) is 25.7 Å². The summed E-state index contributed by atoms with van der Waals surface area (Å²) in [5.41, 5.74) is 13.5. The average Bonchev–Trinajstić information content (AvgIpc) is 4.36. The van der Waals surface area contributed by atoms with Gasteiger partial charge in [0.15, 0.2) is 0 Å². The van der Waals surface area contributed by atoms with E-state index in [0.717, 1.165) is 21.7 Å². The lowest BCUT2D eigenvalue weighted by molar-refractivity contribution is -0.142. The number of amides is 3. The van der Waals surface area contributed by atoms with Gasteiger partial charge < -0.3 is 35.8 Å². The number of nitrogens with one attached hydrogen (secondary N) is 3. The van der Waals surface area contributed by atoms with Crippen LogP contribution in [0, 0.1) is 18.2 Å². The van der Waals surface area contributed by atoms with Gasteiger partial charge in [0.2, 0.25) is 11.8 Å². The van der Waals surface area contributed by atoms with Gasteiger partial charge in [0.05, 0.1) is 51.5 Å². The monoisotopic (exact) mass is 1130 g/mol. The molecule has 0 radical (unpaired) electrons. The summed E-state index contributed by atoms with van der Waals surface area (Å²) in [5.74, 6) is -5.12. The summed E-state index contributed by atoms with van der Waals surface area (Å²) in [6.45, 7) is 9.68. The number of carbonyl (C=O) groups excluding carboxylic acids is 3. The summed E-state index contributed by atoms with van der Waals surface area (Å²) in [5, 5.41) is 26.2. The van der Waals surface area contributed by atoms with Crippen molar-refractivity contribution < 1.29 is 50.6 Å². The minimum atomic E-state index is -5.10. The molecule has 1 saturated heterocycles. The van der Waals surface area contributed by atoms with Gasteiger partial charge in [-0.15, -0.1) is 11.3 Å². The second-order valence-corrected chi connectivity index (χ2v) is 22.9. The summed E-state index contributed by atoms with van der Waals surface area (Å²) in [6.07, 6.45) is 3.37. The van der Waals surface area contributed by atoms with E-state index in [4.69, 9.17) is 20.3 Å². The van der Waals surface area contributed by atoms with Crippen LogP contribution < -0.4 is 30.6 Å². The number of thiazole rings is 1. The summed E-state index contributed by atoms with van der Waals surface area (Å²) < 4.78 is 82.6. The van der Waals surface area contributed by atoms with Crippen molar-refractivity contribution in [3.8, 4) is 44.3 Å². The molecule has 8 aromatic rings. The Morgan fingerprint density at radius 2 is 1.66 bits per heavy atom. The van der Waals surface area contributed by atoms with Crippen molar-refractivity contribution in [3.05, 3.63) is 143 Å². The molecule has 19 nitrogen and oxygen atoms in total. The molecular weight excluding hydrogens is 1080 g/mol. The van der Waals surface area contributed by atoms with Gasteiger partial charge in [0, 0.05) is 61.2 Å². The Kier molecular flexibility index (Phi) is 16.3. The van der Waals surface area contributed by atoms with Gasteiger partial charge in [-0.05, 0) is 84.5 Å². The van der Waals surface area contributed by atoms with Gasteiger partial charge in [-0.25, -0.2) is 22.8 Å². The van der Waals surface area contributed by atoms with Crippen LogP contribution in [0.4, 0.5) is 24.7 Å². The molecule has 4 aromatic carbocycles. The Morgan fingerprint density at radius 3 is 2.34 bits per heavy atom. The van der Waals surface area contributed by atoms with E-state index in [9.17, 15) is 41.1 Å². The van der Waals surface area contributed by atoms with Gasteiger partial charge in [0.1, 0.15) is 53.6 Å². The third kappa shape index (κ3) is 12.4. The van der Waals surface area contributed by atoms with Crippen LogP contribution in [-0.4, -0.2) is 103 Å². The van der Waals surface area contributed by atoms with Crippen LogP contribution in [0.2, 0.25) is 0 Å². The maximum Gasteiger partial charge on any atom is 0.355 e. The lowest BCUT2D eigenvalue weighted by Gasteiger charge is -2.35. The Bertz CT molecular complexity index is 3680. The van der Waals surface area contributed by atoms with E-state index in [1.807, 2.05) is 56.7 Å². The van der Waals surface area contributed by atoms with Gasteiger partial charge >= 0.3 is 5.76 Å². The Balaban J connectivity index is 0.832. The molecule has 0 aliphatic carbocycles. The zero-order valence-electron chi connectivity index (χ0n) is 44.4. The summed E-state index contributed by atoms with van der Waals surface area (Å²) >= 11 is 1.55. The van der Waals surface area contributed by atoms with Crippen molar-refractivity contribution in [2.75, 3.05) is 23.6 Å². The number of rotatable bonds is 19. The van der Waals surface area contributed by atoms with E-state index in [0.29, 0.717) is 51.1 Å². The first-order chi connectivity index (χ1) is 38.0. The summed E-state index contributed by atoms with van der Waals surface area (Å²) in [4.78, 5) is 52.8. The van der Waals surface area contributed by atoms with E-state index in [1.165, 1.54) is 47.4 Å². The van der Waals surface area contributed by atoms with E-state index in [-0.39, 0.29) is 48.9 Å². The fraction of sp³-hybridized carbons (Fsp3) is 0.304. The molecule has 418 valence electrons. The fourth-order valence-corrected chi connectivity index (χ4v) is 10.7. The average molecular weight is 1130 g/mol. The number of alkyl halides is 2. The largest absolute Gasteiger partial charge is 0.492 e. The Morgan fingerprint density at radius 1 is 0.950 bits per heavy atom. The Labute approximate surface area is 463 Å². The molecule has 1 fully saturated rings. The number of aliphatic hydroxyl groups excluding tert-OH is 1. The third-order valence-corrected chi connectivity index (χ3v) is 15.6. The number of hydrogen-bond donors (Lipinski definition) is 5. The number of nitrogens with two attached hydrogens (primary N) is 1. The minimum Gasteiger partial charge on any atom is -0.492 e. The van der Waals surface area contributed by atoms with Crippen molar-refractivity contribution in [1.82, 2.24) is 45.1 Å². The second-order valence-electron chi connectivity index (χ2n) is 20.4. The smallest absolute Gasteiger partial charge is 0.355 e. The standard InChI is InChI=1S/C56H58F3N11O8S2/c1-31-49(79-30-63-31)35-9-7-33(8-10-35)25-62-53(73)44-24-40(71)29-70(44)54(74)50(56(3,4)5)65-52(72)36-13-18-41(19-14-36)77-22-21-69-28-38(26-64-69)42-27-61-51(60)46-47(66-68(6)48(42)46)37-15-20-43(67-80(75,76)55(58)59)45(23-37)78-32(2)34-11-16-39(57)17-12-34/h7-20,23,26-28,30,32,40,44,50,55,67,71H,21-22,24-25,29H2,1-6H3,(H2,60,61)(H,62,73)(H,65,72)/t32?,40-,44+,50?/m1/s1. The highest BCUT2D eigenvalue weighted by Gasteiger charge is 2.44.